The molecule has 0 atom stereocenters. The molecule has 156 valence electrons. The largest absolute Gasteiger partial charge is 0.325 e. The highest BCUT2D eigenvalue weighted by Crippen LogP contribution is 2.20. The highest BCUT2D eigenvalue weighted by atomic mass is 19.2. The summed E-state index contributed by atoms with van der Waals surface area (Å²) < 4.78 is 40.0. The van der Waals surface area contributed by atoms with Gasteiger partial charge in [0, 0.05) is 5.69 Å². The number of aryl methyl sites for hydroxylation is 1. The quantitative estimate of drug-likeness (QED) is 0.650. The Morgan fingerprint density at radius 3 is 2.14 bits per heavy atom. The first-order valence-corrected chi connectivity index (χ1v) is 9.24. The molecule has 2 rings (SSSR count). The summed E-state index contributed by atoms with van der Waals surface area (Å²) in [7, 11) is 0. The monoisotopic (exact) mass is 407 g/mol. The number of carbonyl (C=O) groups excluding carboxylic acids is 2. The molecule has 0 bridgehead atoms. The fraction of sp³-hybridized carbons (Fsp3) is 0.333. The fourth-order valence-electron chi connectivity index (χ4n) is 2.82. The second kappa shape index (κ2) is 10.1. The Morgan fingerprint density at radius 1 is 0.897 bits per heavy atom. The van der Waals surface area contributed by atoms with E-state index in [2.05, 4.69) is 10.6 Å². The molecule has 29 heavy (non-hydrogen) atoms. The number of benzene rings is 2. The molecule has 2 aromatic rings. The van der Waals surface area contributed by atoms with Crippen molar-refractivity contribution in [3.05, 3.63) is 58.9 Å². The van der Waals surface area contributed by atoms with Gasteiger partial charge in [0.25, 0.3) is 0 Å². The number of amides is 2. The van der Waals surface area contributed by atoms with Crippen LogP contribution in [0, 0.1) is 31.3 Å². The highest BCUT2D eigenvalue weighted by molar-refractivity contribution is 5.95. The molecule has 0 saturated carbocycles. The van der Waals surface area contributed by atoms with Gasteiger partial charge in [-0.15, -0.1) is 0 Å². The molecule has 0 aliphatic carbocycles. The zero-order valence-corrected chi connectivity index (χ0v) is 16.6. The van der Waals surface area contributed by atoms with Crippen LogP contribution < -0.4 is 10.6 Å². The van der Waals surface area contributed by atoms with E-state index in [0.717, 1.165) is 23.3 Å². The topological polar surface area (TPSA) is 61.4 Å². The van der Waals surface area contributed by atoms with Crippen molar-refractivity contribution in [3.8, 4) is 0 Å². The maximum Gasteiger partial charge on any atom is 0.238 e. The summed E-state index contributed by atoms with van der Waals surface area (Å²) in [6.45, 7) is 5.94. The molecule has 2 amide bonds. The van der Waals surface area contributed by atoms with Gasteiger partial charge in [-0.2, -0.15) is 0 Å². The van der Waals surface area contributed by atoms with Crippen LogP contribution in [0.25, 0.3) is 0 Å². The van der Waals surface area contributed by atoms with E-state index in [-0.39, 0.29) is 19.0 Å². The van der Waals surface area contributed by atoms with Crippen LogP contribution >= 0.6 is 0 Å². The molecule has 0 fully saturated rings. The number of hydrogen-bond acceptors (Lipinski definition) is 3. The molecule has 0 aliphatic rings. The van der Waals surface area contributed by atoms with Gasteiger partial charge in [0.15, 0.2) is 17.5 Å². The Hall–Kier alpha value is -2.87. The maximum absolute atomic E-state index is 13.7. The summed E-state index contributed by atoms with van der Waals surface area (Å²) in [4.78, 5) is 26.2. The number of nitrogens with zero attached hydrogens (tertiary/aromatic N) is 1. The number of carbonyl (C=O) groups is 2. The Kier molecular flexibility index (Phi) is 7.78. The van der Waals surface area contributed by atoms with E-state index in [0.29, 0.717) is 18.7 Å². The van der Waals surface area contributed by atoms with Crippen molar-refractivity contribution < 1.29 is 22.8 Å². The average molecular weight is 407 g/mol. The van der Waals surface area contributed by atoms with Gasteiger partial charge in [-0.1, -0.05) is 19.1 Å². The lowest BCUT2D eigenvalue weighted by atomic mass is 10.1. The van der Waals surface area contributed by atoms with Gasteiger partial charge < -0.3 is 10.6 Å². The fourth-order valence-corrected chi connectivity index (χ4v) is 2.82. The molecule has 0 saturated heterocycles. The number of rotatable bonds is 8. The van der Waals surface area contributed by atoms with Gasteiger partial charge in [0.2, 0.25) is 11.8 Å². The summed E-state index contributed by atoms with van der Waals surface area (Å²) in [5, 5.41) is 5.03. The van der Waals surface area contributed by atoms with Crippen LogP contribution in [-0.2, 0) is 9.59 Å². The number of halogens is 3. The highest BCUT2D eigenvalue weighted by Gasteiger charge is 2.18. The van der Waals surface area contributed by atoms with Crippen molar-refractivity contribution in [2.24, 2.45) is 0 Å². The summed E-state index contributed by atoms with van der Waals surface area (Å²) in [5.41, 5.74) is 2.24. The predicted octanol–water partition coefficient (Wildman–Crippen LogP) is 4.01. The van der Waals surface area contributed by atoms with Crippen LogP contribution in [0.2, 0.25) is 0 Å². The van der Waals surface area contributed by atoms with Crippen LogP contribution in [0.3, 0.4) is 0 Å². The van der Waals surface area contributed by atoms with Gasteiger partial charge in [-0.3, -0.25) is 14.5 Å². The van der Waals surface area contributed by atoms with Crippen molar-refractivity contribution in [3.63, 3.8) is 0 Å². The normalized spacial score (nSPS) is 10.9. The first kappa shape index (κ1) is 22.4. The molecule has 8 heteroatoms. The third-order valence-electron chi connectivity index (χ3n) is 4.46. The summed E-state index contributed by atoms with van der Waals surface area (Å²) >= 11 is 0. The van der Waals surface area contributed by atoms with Crippen LogP contribution in [0.5, 0.6) is 0 Å². The lowest BCUT2D eigenvalue weighted by Gasteiger charge is -2.21. The zero-order valence-electron chi connectivity index (χ0n) is 16.6. The Morgan fingerprint density at radius 2 is 1.52 bits per heavy atom. The summed E-state index contributed by atoms with van der Waals surface area (Å²) in [6.07, 6.45) is 0.684. The van der Waals surface area contributed by atoms with Crippen molar-refractivity contribution in [1.29, 1.82) is 0 Å². The molecule has 0 aliphatic heterocycles. The standard InChI is InChI=1S/C21H24F3N3O2/c1-4-10-27(11-18(28)25-16-7-5-6-13(2)14(16)3)12-19(29)26-17-9-8-15(22)20(23)21(17)24/h5-9H,4,10-12H2,1-3H3,(H,25,28)(H,26,29). The van der Waals surface area contributed by atoms with E-state index in [1.807, 2.05) is 32.9 Å². The molecule has 2 aromatic carbocycles. The Labute approximate surface area is 167 Å². The molecule has 2 N–H and O–H groups in total. The van der Waals surface area contributed by atoms with Crippen molar-refractivity contribution in [2.45, 2.75) is 27.2 Å². The number of nitrogens with one attached hydrogen (secondary N) is 2. The summed E-state index contributed by atoms with van der Waals surface area (Å²) in [5.74, 6) is -5.38. The van der Waals surface area contributed by atoms with E-state index in [9.17, 15) is 22.8 Å². The van der Waals surface area contributed by atoms with Gasteiger partial charge in [0.1, 0.15) is 0 Å². The van der Waals surface area contributed by atoms with E-state index >= 15 is 0 Å². The first-order chi connectivity index (χ1) is 13.7. The van der Waals surface area contributed by atoms with Crippen molar-refractivity contribution in [2.75, 3.05) is 30.3 Å². The number of hydrogen-bond donors (Lipinski definition) is 2. The molecule has 0 unspecified atom stereocenters. The minimum absolute atomic E-state index is 0.0467. The van der Waals surface area contributed by atoms with Gasteiger partial charge in [-0.25, -0.2) is 13.2 Å². The van der Waals surface area contributed by atoms with Crippen molar-refractivity contribution >= 4 is 23.2 Å². The first-order valence-electron chi connectivity index (χ1n) is 9.24. The second-order valence-corrected chi connectivity index (χ2v) is 6.78. The van der Waals surface area contributed by atoms with Crippen molar-refractivity contribution in [1.82, 2.24) is 4.90 Å². The lowest BCUT2D eigenvalue weighted by Crippen LogP contribution is -2.39. The minimum atomic E-state index is -1.65. The lowest BCUT2D eigenvalue weighted by molar-refractivity contribution is -0.120. The van der Waals surface area contributed by atoms with Gasteiger partial charge >= 0.3 is 0 Å². The van der Waals surface area contributed by atoms with Crippen LogP contribution in [0.1, 0.15) is 24.5 Å². The van der Waals surface area contributed by atoms with Gasteiger partial charge in [0.05, 0.1) is 18.8 Å². The van der Waals surface area contributed by atoms with Gasteiger partial charge in [-0.05, 0) is 56.1 Å². The predicted molar refractivity (Wildman–Crippen MR) is 106 cm³/mol. The molecule has 0 heterocycles. The Bertz CT molecular complexity index is 903. The third kappa shape index (κ3) is 6.05. The molecular formula is C21H24F3N3O2. The molecule has 0 spiro atoms. The summed E-state index contributed by atoms with van der Waals surface area (Å²) in [6, 6.07) is 7.25. The molecule has 0 aromatic heterocycles. The minimum Gasteiger partial charge on any atom is -0.325 e. The number of anilines is 2. The average Bonchev–Trinajstić information content (AvgIpc) is 2.66. The van der Waals surface area contributed by atoms with E-state index in [1.54, 1.807) is 11.0 Å². The van der Waals surface area contributed by atoms with Crippen LogP contribution in [0.15, 0.2) is 30.3 Å². The third-order valence-corrected chi connectivity index (χ3v) is 4.46. The maximum atomic E-state index is 13.7. The molecule has 0 radical (unpaired) electrons. The van der Waals surface area contributed by atoms with Crippen LogP contribution in [-0.4, -0.2) is 36.3 Å². The SMILES string of the molecule is CCCN(CC(=O)Nc1cccc(C)c1C)CC(=O)Nc1ccc(F)c(F)c1F. The van der Waals surface area contributed by atoms with E-state index < -0.39 is 29.0 Å². The molecule has 5 nitrogen and oxygen atoms in total. The molecular weight excluding hydrogens is 383 g/mol. The van der Waals surface area contributed by atoms with E-state index in [4.69, 9.17) is 0 Å². The van der Waals surface area contributed by atoms with Crippen LogP contribution in [0.4, 0.5) is 24.5 Å². The smallest absolute Gasteiger partial charge is 0.238 e. The second-order valence-electron chi connectivity index (χ2n) is 6.78. The Balaban J connectivity index is 2.00. The van der Waals surface area contributed by atoms with E-state index in [1.165, 1.54) is 0 Å². The zero-order chi connectivity index (χ0) is 21.6.